The zero-order valence-electron chi connectivity index (χ0n) is 37.7. The summed E-state index contributed by atoms with van der Waals surface area (Å²) in [5.41, 5.74) is 5.35. The zero-order chi connectivity index (χ0) is 43.2. The number of allylic oxidation sites excluding steroid dienone is 10. The Hall–Kier alpha value is -2.29. The molecule has 1 unspecified atom stereocenters. The van der Waals surface area contributed by atoms with Gasteiger partial charge in [-0.1, -0.05) is 203 Å². The minimum Gasteiger partial charge on any atom is -0.462 e. The SMILES string of the molecule is CCC=CCC=CCC=CCC=CCC=CCCCC(=O)O[C@H](COC(=O)CCCCCCCCCCCCCCCCCCCCCCC)COP(=O)(O)OCCN. The first-order valence-electron chi connectivity index (χ1n) is 23.8. The summed E-state index contributed by atoms with van der Waals surface area (Å²) in [5.74, 6) is -0.893. The van der Waals surface area contributed by atoms with Gasteiger partial charge in [0.25, 0.3) is 0 Å². The molecule has 0 saturated carbocycles. The van der Waals surface area contributed by atoms with Gasteiger partial charge in [-0.3, -0.25) is 18.6 Å². The van der Waals surface area contributed by atoms with Gasteiger partial charge in [0.1, 0.15) is 6.61 Å². The van der Waals surface area contributed by atoms with Crippen molar-refractivity contribution in [2.45, 2.75) is 213 Å². The summed E-state index contributed by atoms with van der Waals surface area (Å²) < 4.78 is 32.8. The second-order valence-electron chi connectivity index (χ2n) is 15.6. The normalized spacial score (nSPS) is 13.8. The Balaban J connectivity index is 4.14. The van der Waals surface area contributed by atoms with E-state index in [4.69, 9.17) is 24.3 Å². The standard InChI is InChI=1S/C49H88NO8P/c1-3-5-7-9-11-13-15-17-19-21-22-23-24-26-27-29-31-33-35-37-39-41-48(51)55-45-47(46-57-59(53,54)56-44-43-50)58-49(52)42-40-38-36-34-32-30-28-25-20-18-16-14-12-10-8-6-4-2/h6,8,12,14,18,20,28,30,34,36,47H,3-5,7,9-11,13,15-17,19,21-27,29,31-33,35,37-46,50H2,1-2H3,(H,53,54)/t47-/m1/s1. The van der Waals surface area contributed by atoms with Crippen LogP contribution < -0.4 is 5.73 Å². The lowest BCUT2D eigenvalue weighted by atomic mass is 10.0. The van der Waals surface area contributed by atoms with Gasteiger partial charge in [0.15, 0.2) is 6.10 Å². The van der Waals surface area contributed by atoms with Gasteiger partial charge in [0.2, 0.25) is 0 Å². The zero-order valence-corrected chi connectivity index (χ0v) is 38.6. The number of rotatable bonds is 44. The van der Waals surface area contributed by atoms with Crippen LogP contribution in [0.2, 0.25) is 0 Å². The smallest absolute Gasteiger partial charge is 0.462 e. The molecule has 0 rings (SSSR count). The van der Waals surface area contributed by atoms with Crippen LogP contribution in [0.15, 0.2) is 60.8 Å². The van der Waals surface area contributed by atoms with Gasteiger partial charge in [0.05, 0.1) is 13.2 Å². The molecule has 0 radical (unpaired) electrons. The Morgan fingerprint density at radius 2 is 0.932 bits per heavy atom. The summed E-state index contributed by atoms with van der Waals surface area (Å²) >= 11 is 0. The van der Waals surface area contributed by atoms with Crippen LogP contribution in [0.5, 0.6) is 0 Å². The van der Waals surface area contributed by atoms with Crippen molar-refractivity contribution in [3.63, 3.8) is 0 Å². The van der Waals surface area contributed by atoms with Crippen LogP contribution in [0.1, 0.15) is 206 Å². The highest BCUT2D eigenvalue weighted by Crippen LogP contribution is 2.43. The first-order chi connectivity index (χ1) is 28.8. The molecule has 0 bridgehead atoms. The van der Waals surface area contributed by atoms with Gasteiger partial charge >= 0.3 is 19.8 Å². The summed E-state index contributed by atoms with van der Waals surface area (Å²) in [6, 6.07) is 0. The molecule has 59 heavy (non-hydrogen) atoms. The van der Waals surface area contributed by atoms with Gasteiger partial charge in [-0.2, -0.15) is 0 Å². The number of esters is 2. The Bertz CT molecular complexity index is 1150. The summed E-state index contributed by atoms with van der Waals surface area (Å²) in [6.07, 6.45) is 54.1. The topological polar surface area (TPSA) is 134 Å². The maximum absolute atomic E-state index is 12.6. The fraction of sp³-hybridized carbons (Fsp3) is 0.755. The molecular formula is C49H88NO8P. The van der Waals surface area contributed by atoms with Gasteiger partial charge in [-0.05, 0) is 51.4 Å². The predicted octanol–water partition coefficient (Wildman–Crippen LogP) is 14.1. The fourth-order valence-electron chi connectivity index (χ4n) is 6.44. The molecule has 9 nitrogen and oxygen atoms in total. The van der Waals surface area contributed by atoms with E-state index in [9.17, 15) is 19.0 Å². The number of hydrogen-bond acceptors (Lipinski definition) is 8. The quantitative estimate of drug-likeness (QED) is 0.0266. The summed E-state index contributed by atoms with van der Waals surface area (Å²) in [4.78, 5) is 34.9. The first-order valence-corrected chi connectivity index (χ1v) is 25.3. The molecule has 0 aliphatic rings. The van der Waals surface area contributed by atoms with Crippen LogP contribution in [0.3, 0.4) is 0 Å². The van der Waals surface area contributed by atoms with Crippen molar-refractivity contribution in [1.82, 2.24) is 0 Å². The third-order valence-electron chi connectivity index (χ3n) is 9.92. The average Bonchev–Trinajstić information content (AvgIpc) is 3.22. The number of carbonyl (C=O) groups excluding carboxylic acids is 2. The number of nitrogens with two attached hydrogens (primary N) is 1. The van der Waals surface area contributed by atoms with E-state index in [1.54, 1.807) is 0 Å². The molecule has 0 heterocycles. The van der Waals surface area contributed by atoms with E-state index < -0.39 is 32.5 Å². The van der Waals surface area contributed by atoms with E-state index in [1.165, 1.54) is 116 Å². The van der Waals surface area contributed by atoms with Gasteiger partial charge in [0, 0.05) is 19.4 Å². The second-order valence-corrected chi connectivity index (χ2v) is 17.1. The molecule has 3 N–H and O–H groups in total. The van der Waals surface area contributed by atoms with Crippen LogP contribution >= 0.6 is 7.82 Å². The lowest BCUT2D eigenvalue weighted by Crippen LogP contribution is -2.29. The minimum absolute atomic E-state index is 0.0430. The molecule has 0 aromatic heterocycles. The number of carbonyl (C=O) groups is 2. The van der Waals surface area contributed by atoms with E-state index >= 15 is 0 Å². The molecule has 342 valence electrons. The molecule has 0 saturated heterocycles. The van der Waals surface area contributed by atoms with Crippen molar-refractivity contribution in [2.75, 3.05) is 26.4 Å². The summed E-state index contributed by atoms with van der Waals surface area (Å²) in [6.45, 7) is 3.57. The van der Waals surface area contributed by atoms with E-state index in [2.05, 4.69) is 68.5 Å². The monoisotopic (exact) mass is 850 g/mol. The summed E-state index contributed by atoms with van der Waals surface area (Å²) in [7, 11) is -4.40. The van der Waals surface area contributed by atoms with E-state index in [-0.39, 0.29) is 32.6 Å². The number of phosphoric acid groups is 1. The number of hydrogen-bond donors (Lipinski definition) is 2. The van der Waals surface area contributed by atoms with Gasteiger partial charge < -0.3 is 20.1 Å². The van der Waals surface area contributed by atoms with Crippen molar-refractivity contribution in [1.29, 1.82) is 0 Å². The largest absolute Gasteiger partial charge is 0.472 e. The Morgan fingerprint density at radius 1 is 0.525 bits per heavy atom. The summed E-state index contributed by atoms with van der Waals surface area (Å²) in [5, 5.41) is 0. The van der Waals surface area contributed by atoms with E-state index in [0.717, 1.165) is 51.4 Å². The van der Waals surface area contributed by atoms with Crippen molar-refractivity contribution >= 4 is 19.8 Å². The number of ether oxygens (including phenoxy) is 2. The number of phosphoric ester groups is 1. The van der Waals surface area contributed by atoms with Crippen molar-refractivity contribution in [3.05, 3.63) is 60.8 Å². The molecule has 0 spiro atoms. The molecule has 0 aromatic carbocycles. The van der Waals surface area contributed by atoms with Crippen LogP contribution in [0.4, 0.5) is 0 Å². The predicted molar refractivity (Wildman–Crippen MR) is 247 cm³/mol. The third-order valence-corrected chi connectivity index (χ3v) is 10.9. The van der Waals surface area contributed by atoms with Crippen LogP contribution in [-0.4, -0.2) is 49.3 Å². The highest BCUT2D eigenvalue weighted by atomic mass is 31.2. The molecule has 10 heteroatoms. The van der Waals surface area contributed by atoms with Gasteiger partial charge in [-0.25, -0.2) is 4.57 Å². The second kappa shape index (κ2) is 45.2. The van der Waals surface area contributed by atoms with Crippen molar-refractivity contribution in [3.8, 4) is 0 Å². The van der Waals surface area contributed by atoms with Crippen LogP contribution in [0, 0.1) is 0 Å². The Morgan fingerprint density at radius 3 is 1.37 bits per heavy atom. The average molecular weight is 850 g/mol. The minimum atomic E-state index is -4.40. The molecule has 0 aliphatic heterocycles. The fourth-order valence-corrected chi connectivity index (χ4v) is 7.20. The van der Waals surface area contributed by atoms with E-state index in [0.29, 0.717) is 12.8 Å². The highest BCUT2D eigenvalue weighted by molar-refractivity contribution is 7.47. The van der Waals surface area contributed by atoms with Gasteiger partial charge in [-0.15, -0.1) is 0 Å². The molecule has 0 amide bonds. The highest BCUT2D eigenvalue weighted by Gasteiger charge is 2.26. The molecular weight excluding hydrogens is 762 g/mol. The Kier molecular flexibility index (Phi) is 43.5. The maximum atomic E-state index is 12.6. The Labute approximate surface area is 361 Å². The lowest BCUT2D eigenvalue weighted by molar-refractivity contribution is -0.161. The van der Waals surface area contributed by atoms with Crippen molar-refractivity contribution < 1.29 is 37.6 Å². The molecule has 2 atom stereocenters. The lowest BCUT2D eigenvalue weighted by Gasteiger charge is -2.19. The third kappa shape index (κ3) is 45.1. The first kappa shape index (κ1) is 56.7. The number of unbranched alkanes of at least 4 members (excludes halogenated alkanes) is 21. The van der Waals surface area contributed by atoms with Crippen molar-refractivity contribution in [2.24, 2.45) is 5.73 Å². The maximum Gasteiger partial charge on any atom is 0.472 e. The molecule has 0 aliphatic carbocycles. The van der Waals surface area contributed by atoms with Crippen LogP contribution in [-0.2, 0) is 32.7 Å². The molecule has 0 fully saturated rings. The van der Waals surface area contributed by atoms with E-state index in [1.807, 2.05) is 6.08 Å². The molecule has 0 aromatic rings. The van der Waals surface area contributed by atoms with Crippen LogP contribution in [0.25, 0.3) is 0 Å².